The fourth-order valence-electron chi connectivity index (χ4n) is 2.25. The Labute approximate surface area is 97.9 Å². The van der Waals surface area contributed by atoms with E-state index in [0.29, 0.717) is 24.2 Å². The van der Waals surface area contributed by atoms with Crippen LogP contribution in [0.5, 0.6) is 0 Å². The van der Waals surface area contributed by atoms with Crippen molar-refractivity contribution >= 4 is 23.2 Å². The van der Waals surface area contributed by atoms with Crippen LogP contribution < -0.4 is 16.0 Å². The molecule has 2 amide bonds. The third-order valence-electron chi connectivity index (χ3n) is 3.04. The van der Waals surface area contributed by atoms with E-state index in [-0.39, 0.29) is 5.91 Å². The van der Waals surface area contributed by atoms with E-state index in [1.165, 1.54) is 0 Å². The Morgan fingerprint density at radius 2 is 2.06 bits per heavy atom. The van der Waals surface area contributed by atoms with Crippen molar-refractivity contribution in [3.05, 3.63) is 35.7 Å². The van der Waals surface area contributed by atoms with Gasteiger partial charge >= 0.3 is 0 Å². The number of nitrogens with one attached hydrogen (secondary N) is 1. The highest BCUT2D eigenvalue weighted by molar-refractivity contribution is 6.09. The van der Waals surface area contributed by atoms with Crippen molar-refractivity contribution in [1.29, 1.82) is 0 Å². The molecule has 17 heavy (non-hydrogen) atoms. The topological polar surface area (TPSA) is 75.4 Å². The monoisotopic (exact) mass is 229 g/mol. The number of carbonyl (C=O) groups excluding carboxylic acids is 2. The van der Waals surface area contributed by atoms with E-state index >= 15 is 0 Å². The van der Waals surface area contributed by atoms with Gasteiger partial charge in [-0.1, -0.05) is 12.1 Å². The van der Waals surface area contributed by atoms with Crippen molar-refractivity contribution in [2.75, 3.05) is 10.2 Å². The Hall–Kier alpha value is -2.30. The molecule has 3 N–H and O–H groups in total. The summed E-state index contributed by atoms with van der Waals surface area (Å²) in [4.78, 5) is 24.8. The summed E-state index contributed by atoms with van der Waals surface area (Å²) in [6, 6.07) is 7.44. The van der Waals surface area contributed by atoms with E-state index in [2.05, 4.69) is 5.32 Å². The molecule has 1 aromatic carbocycles. The van der Waals surface area contributed by atoms with Crippen LogP contribution in [0.4, 0.5) is 11.4 Å². The molecule has 0 atom stereocenters. The summed E-state index contributed by atoms with van der Waals surface area (Å²) in [7, 11) is 0. The molecule has 0 aliphatic carbocycles. The Kier molecular flexibility index (Phi) is 1.95. The molecule has 0 fully saturated rings. The van der Waals surface area contributed by atoms with Gasteiger partial charge in [0.25, 0.3) is 0 Å². The summed E-state index contributed by atoms with van der Waals surface area (Å²) in [5, 5.41) is 3.08. The van der Waals surface area contributed by atoms with Gasteiger partial charge < -0.3 is 11.1 Å². The zero-order chi connectivity index (χ0) is 12.0. The highest BCUT2D eigenvalue weighted by Crippen LogP contribution is 2.40. The molecular weight excluding hydrogens is 218 g/mol. The van der Waals surface area contributed by atoms with Crippen molar-refractivity contribution in [2.45, 2.75) is 12.8 Å². The van der Waals surface area contributed by atoms with E-state index in [0.717, 1.165) is 11.4 Å². The first-order valence-corrected chi connectivity index (χ1v) is 5.40. The predicted molar refractivity (Wildman–Crippen MR) is 63.0 cm³/mol. The summed E-state index contributed by atoms with van der Waals surface area (Å²) in [6.07, 6.45) is 0.721. The number of nitrogens with zero attached hydrogens (tertiary/aromatic N) is 1. The second-order valence-electron chi connectivity index (χ2n) is 4.06. The van der Waals surface area contributed by atoms with Gasteiger partial charge in [-0.05, 0) is 18.6 Å². The van der Waals surface area contributed by atoms with Crippen LogP contribution in [0, 0.1) is 0 Å². The fraction of sp³-hybridized carbons (Fsp3) is 0.167. The third-order valence-corrected chi connectivity index (χ3v) is 3.04. The number of nitrogens with two attached hydrogens (primary N) is 1. The average molecular weight is 229 g/mol. The van der Waals surface area contributed by atoms with Crippen molar-refractivity contribution in [3.63, 3.8) is 0 Å². The van der Waals surface area contributed by atoms with Crippen molar-refractivity contribution in [2.24, 2.45) is 5.73 Å². The molecule has 5 heteroatoms. The number of amides is 2. The number of hydrogen-bond acceptors (Lipinski definition) is 3. The van der Waals surface area contributed by atoms with Crippen LogP contribution in [0.15, 0.2) is 35.7 Å². The number of fused-ring (bicyclic) bond motifs is 3. The molecule has 2 aliphatic heterocycles. The molecule has 0 bridgehead atoms. The lowest BCUT2D eigenvalue weighted by atomic mass is 10.0. The Bertz CT molecular complexity index is 563. The number of hydrogen-bond donors (Lipinski definition) is 2. The molecular formula is C12H11N3O2. The van der Waals surface area contributed by atoms with Gasteiger partial charge in [0.15, 0.2) is 0 Å². The van der Waals surface area contributed by atoms with Crippen LogP contribution in [-0.2, 0) is 9.59 Å². The van der Waals surface area contributed by atoms with Gasteiger partial charge in [0, 0.05) is 6.42 Å². The molecule has 0 spiro atoms. The maximum atomic E-state index is 11.9. The lowest BCUT2D eigenvalue weighted by Crippen LogP contribution is -2.36. The quantitative estimate of drug-likeness (QED) is 0.752. The van der Waals surface area contributed by atoms with E-state index in [1.807, 2.05) is 24.3 Å². The Balaban J connectivity index is 2.19. The minimum atomic E-state index is -0.474. The molecule has 5 nitrogen and oxygen atoms in total. The number of para-hydroxylation sites is 2. The van der Waals surface area contributed by atoms with Crippen LogP contribution in [-0.4, -0.2) is 11.8 Å². The van der Waals surface area contributed by atoms with Crippen molar-refractivity contribution in [1.82, 2.24) is 0 Å². The Morgan fingerprint density at radius 1 is 1.29 bits per heavy atom. The molecule has 0 saturated carbocycles. The van der Waals surface area contributed by atoms with E-state index in [4.69, 9.17) is 5.73 Å². The molecule has 3 rings (SSSR count). The molecule has 2 heterocycles. The maximum absolute atomic E-state index is 11.9. The van der Waals surface area contributed by atoms with Gasteiger partial charge in [0.1, 0.15) is 5.82 Å². The third kappa shape index (κ3) is 1.32. The smallest absolute Gasteiger partial charge is 0.248 e. The predicted octanol–water partition coefficient (Wildman–Crippen LogP) is 0.936. The minimum Gasteiger partial charge on any atom is -0.366 e. The zero-order valence-electron chi connectivity index (χ0n) is 9.06. The van der Waals surface area contributed by atoms with Gasteiger partial charge in [0.2, 0.25) is 11.8 Å². The number of rotatable bonds is 1. The second-order valence-corrected chi connectivity index (χ2v) is 4.06. The molecule has 86 valence electrons. The van der Waals surface area contributed by atoms with Crippen molar-refractivity contribution in [3.8, 4) is 0 Å². The van der Waals surface area contributed by atoms with Gasteiger partial charge in [0.05, 0.1) is 16.9 Å². The van der Waals surface area contributed by atoms with Crippen molar-refractivity contribution < 1.29 is 9.59 Å². The number of carbonyl (C=O) groups is 2. The van der Waals surface area contributed by atoms with Gasteiger partial charge in [-0.3, -0.25) is 14.5 Å². The maximum Gasteiger partial charge on any atom is 0.248 e. The summed E-state index contributed by atoms with van der Waals surface area (Å²) >= 11 is 0. The lowest BCUT2D eigenvalue weighted by molar-refractivity contribution is -0.118. The van der Waals surface area contributed by atoms with Gasteiger partial charge in [-0.15, -0.1) is 0 Å². The van der Waals surface area contributed by atoms with Crippen LogP contribution in [0.25, 0.3) is 0 Å². The van der Waals surface area contributed by atoms with Crippen LogP contribution in [0.2, 0.25) is 0 Å². The van der Waals surface area contributed by atoms with Gasteiger partial charge in [-0.25, -0.2) is 0 Å². The molecule has 2 aliphatic rings. The summed E-state index contributed by atoms with van der Waals surface area (Å²) < 4.78 is 0. The second kappa shape index (κ2) is 3.35. The van der Waals surface area contributed by atoms with E-state index in [1.54, 1.807) is 4.90 Å². The Morgan fingerprint density at radius 3 is 2.82 bits per heavy atom. The van der Waals surface area contributed by atoms with Crippen LogP contribution >= 0.6 is 0 Å². The van der Waals surface area contributed by atoms with Crippen LogP contribution in [0.1, 0.15) is 12.8 Å². The molecule has 0 aromatic heterocycles. The molecule has 0 unspecified atom stereocenters. The first-order valence-electron chi connectivity index (χ1n) is 5.40. The lowest BCUT2D eigenvalue weighted by Gasteiger charge is -2.24. The normalized spacial score (nSPS) is 17.6. The zero-order valence-corrected chi connectivity index (χ0v) is 9.06. The van der Waals surface area contributed by atoms with E-state index in [9.17, 15) is 9.59 Å². The highest BCUT2D eigenvalue weighted by Gasteiger charge is 2.35. The minimum absolute atomic E-state index is 0.0116. The summed E-state index contributed by atoms with van der Waals surface area (Å²) in [5.41, 5.74) is 7.43. The first-order chi connectivity index (χ1) is 8.18. The first kappa shape index (κ1) is 9.89. The van der Waals surface area contributed by atoms with Crippen LogP contribution in [0.3, 0.4) is 0 Å². The number of anilines is 2. The average Bonchev–Trinajstić information content (AvgIpc) is 2.68. The SMILES string of the molecule is NC(=O)C1=C2Nc3ccccc3N2C(=O)CC1. The molecule has 0 radical (unpaired) electrons. The fourth-order valence-corrected chi connectivity index (χ4v) is 2.25. The summed E-state index contributed by atoms with van der Waals surface area (Å²) in [6.45, 7) is 0. The standard InChI is InChI=1S/C12H11N3O2/c13-11(17)7-5-6-10(16)15-9-4-2-1-3-8(9)14-12(7)15/h1-4,14H,5-6H2,(H2,13,17). The molecule has 0 saturated heterocycles. The van der Waals surface area contributed by atoms with E-state index < -0.39 is 5.91 Å². The number of primary amides is 1. The van der Waals surface area contributed by atoms with Gasteiger partial charge in [-0.2, -0.15) is 0 Å². The highest BCUT2D eigenvalue weighted by atomic mass is 16.2. The largest absolute Gasteiger partial charge is 0.366 e. The summed E-state index contributed by atoms with van der Waals surface area (Å²) in [5.74, 6) is 0.0372. The molecule has 1 aromatic rings. The number of benzene rings is 1.